The molecule has 2 aromatic rings. The molecule has 0 spiro atoms. The first-order valence-electron chi connectivity index (χ1n) is 9.25. The fourth-order valence-electron chi connectivity index (χ4n) is 3.43. The van der Waals surface area contributed by atoms with Gasteiger partial charge in [-0.25, -0.2) is 4.90 Å². The first-order valence-corrected chi connectivity index (χ1v) is 10.0. The van der Waals surface area contributed by atoms with Crippen LogP contribution in [0.25, 0.3) is 0 Å². The second kappa shape index (κ2) is 8.34. The maximum atomic E-state index is 13.0. The van der Waals surface area contributed by atoms with Crippen LogP contribution in [0.3, 0.4) is 0 Å². The van der Waals surface area contributed by atoms with Gasteiger partial charge in [0, 0.05) is 28.4 Å². The van der Waals surface area contributed by atoms with Crippen LogP contribution in [0, 0.1) is 0 Å². The van der Waals surface area contributed by atoms with Gasteiger partial charge >= 0.3 is 0 Å². The fourth-order valence-corrected chi connectivity index (χ4v) is 3.69. The maximum absolute atomic E-state index is 13.0. The number of nitrogens with zero attached hydrogens (tertiary/aromatic N) is 4. The van der Waals surface area contributed by atoms with Crippen LogP contribution < -0.4 is 19.7 Å². The van der Waals surface area contributed by atoms with E-state index in [1.54, 1.807) is 42.5 Å². The molecular weight excluding hydrogens is 470 g/mol. The third-order valence-electron chi connectivity index (χ3n) is 4.88. The number of hydrogen-bond acceptors (Lipinski definition) is 8. The fraction of sp³-hybridized carbons (Fsp3) is 0.250. The number of hydrogen-bond donors (Lipinski definition) is 1. The van der Waals surface area contributed by atoms with Gasteiger partial charge in [-0.2, -0.15) is 5.11 Å². The molecule has 4 rings (SSSR count). The molecule has 2 aliphatic heterocycles. The van der Waals surface area contributed by atoms with Gasteiger partial charge in [0.25, 0.3) is 11.8 Å². The molecule has 1 fully saturated rings. The molecule has 1 saturated heterocycles. The van der Waals surface area contributed by atoms with E-state index in [1.165, 1.54) is 19.2 Å². The van der Waals surface area contributed by atoms with E-state index in [9.17, 15) is 14.4 Å². The quantitative estimate of drug-likeness (QED) is 0.625. The summed E-state index contributed by atoms with van der Waals surface area (Å²) in [5.41, 5.74) is 0.898. The lowest BCUT2D eigenvalue weighted by molar-refractivity contribution is -0.123. The average molecular weight is 488 g/mol. The number of rotatable bonds is 6. The molecule has 2 atom stereocenters. The summed E-state index contributed by atoms with van der Waals surface area (Å²) in [5.74, 6) is -0.355. The molecule has 10 nitrogen and oxygen atoms in total. The lowest BCUT2D eigenvalue weighted by Gasteiger charge is -2.20. The minimum atomic E-state index is -0.971. The number of amides is 3. The third kappa shape index (κ3) is 3.96. The Morgan fingerprint density at radius 2 is 1.71 bits per heavy atom. The van der Waals surface area contributed by atoms with Crippen molar-refractivity contribution >= 4 is 45.0 Å². The van der Waals surface area contributed by atoms with E-state index < -0.39 is 29.8 Å². The Labute approximate surface area is 185 Å². The molecule has 3 amide bonds. The smallest absolute Gasteiger partial charge is 0.263 e. The molecule has 2 aromatic carbocycles. The van der Waals surface area contributed by atoms with E-state index in [-0.39, 0.29) is 6.54 Å². The van der Waals surface area contributed by atoms with Gasteiger partial charge in [-0.15, -0.1) is 0 Å². The van der Waals surface area contributed by atoms with Gasteiger partial charge in [0.05, 0.1) is 19.9 Å². The van der Waals surface area contributed by atoms with Crippen molar-refractivity contribution in [1.82, 2.24) is 5.01 Å². The van der Waals surface area contributed by atoms with E-state index in [1.807, 2.05) is 0 Å². The van der Waals surface area contributed by atoms with Crippen molar-refractivity contribution in [2.75, 3.05) is 31.0 Å². The summed E-state index contributed by atoms with van der Waals surface area (Å²) in [4.78, 5) is 39.4. The number of carbonyl (C=O) groups is 3. The van der Waals surface area contributed by atoms with E-state index in [0.29, 0.717) is 22.9 Å². The number of ether oxygens (including phenoxy) is 2. The summed E-state index contributed by atoms with van der Waals surface area (Å²) in [7, 11) is 3.01. The second-order valence-electron chi connectivity index (χ2n) is 6.83. The molecule has 1 N–H and O–H groups in total. The summed E-state index contributed by atoms with van der Waals surface area (Å²) >= 11 is 3.32. The molecule has 2 aliphatic rings. The minimum absolute atomic E-state index is 0.253. The molecule has 0 bridgehead atoms. The van der Waals surface area contributed by atoms with Gasteiger partial charge in [0.15, 0.2) is 12.1 Å². The average Bonchev–Trinajstić information content (AvgIpc) is 3.28. The van der Waals surface area contributed by atoms with E-state index in [0.717, 1.165) is 9.37 Å². The minimum Gasteiger partial charge on any atom is -0.497 e. The van der Waals surface area contributed by atoms with Gasteiger partial charge in [-0.1, -0.05) is 21.2 Å². The van der Waals surface area contributed by atoms with Crippen LogP contribution in [0.15, 0.2) is 57.3 Å². The highest BCUT2D eigenvalue weighted by Gasteiger charge is 2.55. The standard InChI is InChI=1S/C20H18BrN5O5/c1-30-14-7-12(8-15(9-14)31-2)22-16(27)10-25-18-17(23-24-25)19(28)26(20(18)29)13-5-3-11(21)4-6-13/h3-9,17-18H,10H2,1-2H3,(H,22,27)/t17-,18+/m1/s1. The van der Waals surface area contributed by atoms with Crippen molar-refractivity contribution in [3.63, 3.8) is 0 Å². The number of benzene rings is 2. The maximum Gasteiger partial charge on any atom is 0.263 e. The zero-order valence-electron chi connectivity index (χ0n) is 16.6. The van der Waals surface area contributed by atoms with Crippen molar-refractivity contribution < 1.29 is 23.9 Å². The molecule has 0 aliphatic carbocycles. The van der Waals surface area contributed by atoms with Crippen LogP contribution in [0.2, 0.25) is 0 Å². The van der Waals surface area contributed by atoms with Crippen LogP contribution in [0.1, 0.15) is 0 Å². The molecule has 2 heterocycles. The number of nitrogens with one attached hydrogen (secondary N) is 1. The van der Waals surface area contributed by atoms with Crippen molar-refractivity contribution in [2.45, 2.75) is 12.1 Å². The molecule has 0 radical (unpaired) electrons. The van der Waals surface area contributed by atoms with Crippen LogP contribution in [0.5, 0.6) is 11.5 Å². The van der Waals surface area contributed by atoms with Gasteiger partial charge < -0.3 is 14.8 Å². The van der Waals surface area contributed by atoms with Gasteiger partial charge in [-0.3, -0.25) is 19.4 Å². The number of methoxy groups -OCH3 is 2. The summed E-state index contributed by atoms with van der Waals surface area (Å²) in [6, 6.07) is 9.80. The van der Waals surface area contributed by atoms with Gasteiger partial charge in [0.2, 0.25) is 5.91 Å². The molecule has 0 saturated carbocycles. The summed E-state index contributed by atoms with van der Waals surface area (Å²) in [6.45, 7) is -0.253. The Hall–Kier alpha value is -3.47. The topological polar surface area (TPSA) is 113 Å². The highest BCUT2D eigenvalue weighted by Crippen LogP contribution is 2.32. The number of carbonyl (C=O) groups excluding carboxylic acids is 3. The Kier molecular flexibility index (Phi) is 5.59. The third-order valence-corrected chi connectivity index (χ3v) is 5.41. The van der Waals surface area contributed by atoms with E-state index in [2.05, 4.69) is 31.6 Å². The molecule has 0 aromatic heterocycles. The van der Waals surface area contributed by atoms with Gasteiger partial charge in [-0.05, 0) is 24.3 Å². The predicted molar refractivity (Wildman–Crippen MR) is 114 cm³/mol. The largest absolute Gasteiger partial charge is 0.497 e. The lowest BCUT2D eigenvalue weighted by atomic mass is 10.1. The predicted octanol–water partition coefficient (Wildman–Crippen LogP) is 2.40. The Morgan fingerprint density at radius 3 is 2.32 bits per heavy atom. The zero-order chi connectivity index (χ0) is 22.1. The number of fused-ring (bicyclic) bond motifs is 1. The van der Waals surface area contributed by atoms with E-state index in [4.69, 9.17) is 9.47 Å². The summed E-state index contributed by atoms with van der Waals surface area (Å²) in [5, 5.41) is 11.8. The number of imide groups is 1. The van der Waals surface area contributed by atoms with Crippen molar-refractivity contribution in [2.24, 2.45) is 10.3 Å². The zero-order valence-corrected chi connectivity index (χ0v) is 18.2. The highest BCUT2D eigenvalue weighted by molar-refractivity contribution is 9.10. The Balaban J connectivity index is 1.48. The van der Waals surface area contributed by atoms with Crippen LogP contribution in [-0.4, -0.2) is 55.6 Å². The monoisotopic (exact) mass is 487 g/mol. The molecule has 0 unspecified atom stereocenters. The van der Waals surface area contributed by atoms with Crippen LogP contribution >= 0.6 is 15.9 Å². The number of halogens is 1. The Morgan fingerprint density at radius 1 is 1.06 bits per heavy atom. The Bertz CT molecular complexity index is 1050. The first-order chi connectivity index (χ1) is 14.9. The summed E-state index contributed by atoms with van der Waals surface area (Å²) < 4.78 is 11.2. The van der Waals surface area contributed by atoms with Crippen molar-refractivity contribution in [3.05, 3.63) is 46.9 Å². The highest BCUT2D eigenvalue weighted by atomic mass is 79.9. The van der Waals surface area contributed by atoms with Gasteiger partial charge in [0.1, 0.15) is 18.0 Å². The molecular formula is C20H18BrN5O5. The number of anilines is 2. The first kappa shape index (κ1) is 20.8. The lowest BCUT2D eigenvalue weighted by Crippen LogP contribution is -2.43. The summed E-state index contributed by atoms with van der Waals surface area (Å²) in [6.07, 6.45) is 0. The molecule has 31 heavy (non-hydrogen) atoms. The SMILES string of the molecule is COc1cc(NC(=O)CN2N=N[C@H]3C(=O)N(c4ccc(Br)cc4)C(=O)[C@H]32)cc(OC)c1. The van der Waals surface area contributed by atoms with Crippen molar-refractivity contribution in [3.8, 4) is 11.5 Å². The second-order valence-corrected chi connectivity index (χ2v) is 7.75. The van der Waals surface area contributed by atoms with Crippen LogP contribution in [-0.2, 0) is 14.4 Å². The van der Waals surface area contributed by atoms with E-state index >= 15 is 0 Å². The van der Waals surface area contributed by atoms with Crippen LogP contribution in [0.4, 0.5) is 11.4 Å². The normalized spacial score (nSPS) is 19.6. The molecule has 160 valence electrons. The van der Waals surface area contributed by atoms with Crippen molar-refractivity contribution in [1.29, 1.82) is 0 Å². The molecule has 11 heteroatoms.